The lowest BCUT2D eigenvalue weighted by Crippen LogP contribution is -2.25. The van der Waals surface area contributed by atoms with Crippen molar-refractivity contribution in [3.63, 3.8) is 0 Å². The van der Waals surface area contributed by atoms with Crippen LogP contribution in [0, 0.1) is 0 Å². The Hall–Kier alpha value is -2.52. The molecule has 0 saturated heterocycles. The number of nitrogens with zero attached hydrogens (tertiary/aromatic N) is 1. The number of rotatable bonds is 6. The third-order valence-electron chi connectivity index (χ3n) is 4.57. The lowest BCUT2D eigenvalue weighted by molar-refractivity contribution is -0.132. The Balaban J connectivity index is 1.96. The highest BCUT2D eigenvalue weighted by atomic mass is 35.5. The van der Waals surface area contributed by atoms with Crippen molar-refractivity contribution in [2.45, 2.75) is 19.8 Å². The number of benzene rings is 2. The van der Waals surface area contributed by atoms with Crippen LogP contribution in [0.5, 0.6) is 0 Å². The molecule has 1 heterocycles. The molecule has 1 aliphatic heterocycles. The van der Waals surface area contributed by atoms with Crippen LogP contribution in [0.15, 0.2) is 66.4 Å². The normalized spacial score (nSPS) is 14.0. The van der Waals surface area contributed by atoms with Crippen LogP contribution in [0.3, 0.4) is 0 Å². The van der Waals surface area contributed by atoms with Crippen molar-refractivity contribution in [1.29, 1.82) is 0 Å². The van der Waals surface area contributed by atoms with Gasteiger partial charge < -0.3 is 10.0 Å². The number of hydrogen-bond acceptors (Lipinski definition) is 2. The maximum absolute atomic E-state index is 11.7. The van der Waals surface area contributed by atoms with E-state index >= 15 is 0 Å². The molecule has 0 amide bonds. The van der Waals surface area contributed by atoms with Gasteiger partial charge in [-0.05, 0) is 35.3 Å². The molecule has 1 aliphatic rings. The zero-order valence-electron chi connectivity index (χ0n) is 14.8. The van der Waals surface area contributed by atoms with E-state index in [1.165, 1.54) is 0 Å². The molecule has 0 radical (unpaired) electrons. The monoisotopic (exact) mass is 367 g/mol. The second-order valence-electron chi connectivity index (χ2n) is 6.40. The molecule has 0 fully saturated rings. The molecule has 0 saturated carbocycles. The predicted molar refractivity (Wildman–Crippen MR) is 107 cm³/mol. The summed E-state index contributed by atoms with van der Waals surface area (Å²) in [6.45, 7) is 3.65. The molecule has 2 aromatic carbocycles. The number of carboxylic acids is 1. The average molecular weight is 368 g/mol. The molecule has 26 heavy (non-hydrogen) atoms. The van der Waals surface area contributed by atoms with Crippen LogP contribution in [0.1, 0.15) is 25.3 Å². The lowest BCUT2D eigenvalue weighted by atomic mass is 9.94. The number of carbonyl (C=O) groups is 1. The molecule has 0 unspecified atom stereocenters. The first kappa shape index (κ1) is 18.3. The number of aliphatic carboxylic acids is 1. The maximum Gasteiger partial charge on any atom is 0.336 e. The fourth-order valence-electron chi connectivity index (χ4n) is 3.14. The summed E-state index contributed by atoms with van der Waals surface area (Å²) in [6.07, 6.45) is 5.75. The fourth-order valence-corrected chi connectivity index (χ4v) is 3.43. The van der Waals surface area contributed by atoms with E-state index in [-0.39, 0.29) is 0 Å². The van der Waals surface area contributed by atoms with Crippen molar-refractivity contribution in [2.75, 3.05) is 13.1 Å². The zero-order valence-corrected chi connectivity index (χ0v) is 15.5. The Morgan fingerprint density at radius 1 is 1.15 bits per heavy atom. The second-order valence-corrected chi connectivity index (χ2v) is 6.80. The Labute approximate surface area is 159 Å². The maximum atomic E-state index is 11.7. The van der Waals surface area contributed by atoms with E-state index in [2.05, 4.69) is 11.8 Å². The van der Waals surface area contributed by atoms with Crippen LogP contribution < -0.4 is 0 Å². The molecule has 2 aromatic rings. The van der Waals surface area contributed by atoms with Gasteiger partial charge in [-0.3, -0.25) is 0 Å². The summed E-state index contributed by atoms with van der Waals surface area (Å²) >= 11 is 6.53. The minimum Gasteiger partial charge on any atom is -0.478 e. The predicted octanol–water partition coefficient (Wildman–Crippen LogP) is 5.47. The third kappa shape index (κ3) is 4.00. The summed E-state index contributed by atoms with van der Waals surface area (Å²) in [7, 11) is 0. The van der Waals surface area contributed by atoms with Gasteiger partial charge >= 0.3 is 5.97 Å². The number of halogens is 1. The lowest BCUT2D eigenvalue weighted by Gasteiger charge is -2.27. The second kappa shape index (κ2) is 8.24. The number of hydrogen-bond donors (Lipinski definition) is 1. The van der Waals surface area contributed by atoms with Gasteiger partial charge in [-0.1, -0.05) is 67.4 Å². The quantitative estimate of drug-likeness (QED) is 0.735. The van der Waals surface area contributed by atoms with E-state index in [0.29, 0.717) is 17.1 Å². The molecule has 0 spiro atoms. The van der Waals surface area contributed by atoms with Gasteiger partial charge in [0.15, 0.2) is 0 Å². The van der Waals surface area contributed by atoms with Crippen molar-refractivity contribution in [2.24, 2.45) is 0 Å². The third-order valence-corrected chi connectivity index (χ3v) is 4.88. The Morgan fingerprint density at radius 3 is 2.58 bits per heavy atom. The van der Waals surface area contributed by atoms with Crippen molar-refractivity contribution in [3.8, 4) is 11.1 Å². The highest BCUT2D eigenvalue weighted by molar-refractivity contribution is 6.33. The molecule has 1 N–H and O–H groups in total. The van der Waals surface area contributed by atoms with E-state index in [1.54, 1.807) is 6.08 Å². The number of carboxylic acid groups (broad SMARTS) is 1. The van der Waals surface area contributed by atoms with E-state index in [4.69, 9.17) is 11.6 Å². The largest absolute Gasteiger partial charge is 0.478 e. The SMILES string of the molecule is CCCCN1C=CC(C(=O)O)=C(c2ccc(-c3ccccc3)c(Cl)c2)C1. The summed E-state index contributed by atoms with van der Waals surface area (Å²) in [4.78, 5) is 13.8. The van der Waals surface area contributed by atoms with Crippen LogP contribution in [0.4, 0.5) is 0 Å². The molecule has 0 bridgehead atoms. The first-order valence-electron chi connectivity index (χ1n) is 8.84. The Morgan fingerprint density at radius 2 is 1.92 bits per heavy atom. The minimum absolute atomic E-state index is 0.335. The molecule has 0 atom stereocenters. The molecule has 4 heteroatoms. The van der Waals surface area contributed by atoms with Gasteiger partial charge in [0.25, 0.3) is 0 Å². The first-order valence-corrected chi connectivity index (χ1v) is 9.22. The van der Waals surface area contributed by atoms with Crippen LogP contribution in [0.25, 0.3) is 16.7 Å². The molecule has 134 valence electrons. The molecule has 0 aromatic heterocycles. The van der Waals surface area contributed by atoms with E-state index in [0.717, 1.165) is 41.6 Å². The summed E-state index contributed by atoms with van der Waals surface area (Å²) in [5.41, 5.74) is 3.99. The van der Waals surface area contributed by atoms with Gasteiger partial charge in [-0.25, -0.2) is 4.79 Å². The fraction of sp³-hybridized carbons (Fsp3) is 0.227. The van der Waals surface area contributed by atoms with Crippen molar-refractivity contribution in [1.82, 2.24) is 4.90 Å². The first-order chi connectivity index (χ1) is 12.6. The molecular formula is C22H22ClNO2. The average Bonchev–Trinajstić information content (AvgIpc) is 2.66. The summed E-state index contributed by atoms with van der Waals surface area (Å²) in [6, 6.07) is 15.7. The van der Waals surface area contributed by atoms with Crippen LogP contribution >= 0.6 is 11.6 Å². The highest BCUT2D eigenvalue weighted by Crippen LogP contribution is 2.33. The summed E-state index contributed by atoms with van der Waals surface area (Å²) in [5.74, 6) is -0.908. The van der Waals surface area contributed by atoms with Gasteiger partial charge in [-0.2, -0.15) is 0 Å². The standard InChI is InChI=1S/C22H22ClNO2/c1-2-3-12-24-13-11-19(22(25)26)20(15-24)17-9-10-18(21(23)14-17)16-7-5-4-6-8-16/h4-11,13-14H,2-3,12,15H2,1H3,(H,25,26). The van der Waals surface area contributed by atoms with Crippen LogP contribution in [0.2, 0.25) is 5.02 Å². The van der Waals surface area contributed by atoms with Crippen molar-refractivity contribution in [3.05, 3.63) is 77.0 Å². The van der Waals surface area contributed by atoms with Gasteiger partial charge in [0, 0.05) is 29.9 Å². The Bertz CT molecular complexity index is 856. The smallest absolute Gasteiger partial charge is 0.336 e. The zero-order chi connectivity index (χ0) is 18.5. The highest BCUT2D eigenvalue weighted by Gasteiger charge is 2.20. The van der Waals surface area contributed by atoms with E-state index in [9.17, 15) is 9.90 Å². The Kier molecular flexibility index (Phi) is 5.79. The van der Waals surface area contributed by atoms with E-state index in [1.807, 2.05) is 54.7 Å². The van der Waals surface area contributed by atoms with Crippen molar-refractivity contribution < 1.29 is 9.90 Å². The van der Waals surface area contributed by atoms with E-state index < -0.39 is 5.97 Å². The van der Waals surface area contributed by atoms with Crippen molar-refractivity contribution >= 4 is 23.1 Å². The molecule has 3 rings (SSSR count). The van der Waals surface area contributed by atoms with Gasteiger partial charge in [-0.15, -0.1) is 0 Å². The van der Waals surface area contributed by atoms with Gasteiger partial charge in [0.1, 0.15) is 0 Å². The van der Waals surface area contributed by atoms with Gasteiger partial charge in [0.2, 0.25) is 0 Å². The summed E-state index contributed by atoms with van der Waals surface area (Å²) in [5, 5.41) is 10.2. The van der Waals surface area contributed by atoms with Crippen LogP contribution in [-0.4, -0.2) is 29.1 Å². The molecular weight excluding hydrogens is 346 g/mol. The minimum atomic E-state index is -0.908. The topological polar surface area (TPSA) is 40.5 Å². The molecule has 3 nitrogen and oxygen atoms in total. The molecule has 0 aliphatic carbocycles. The van der Waals surface area contributed by atoms with Gasteiger partial charge in [0.05, 0.1) is 5.57 Å². The van der Waals surface area contributed by atoms with Crippen LogP contribution in [-0.2, 0) is 4.79 Å². The summed E-state index contributed by atoms with van der Waals surface area (Å²) < 4.78 is 0. The number of unbranched alkanes of at least 4 members (excludes halogenated alkanes) is 1.